The van der Waals surface area contributed by atoms with Gasteiger partial charge in [0.25, 0.3) is 5.69 Å². The molecule has 0 amide bonds. The van der Waals surface area contributed by atoms with Gasteiger partial charge in [-0.25, -0.2) is 4.98 Å². The van der Waals surface area contributed by atoms with E-state index in [1.54, 1.807) is 0 Å². The summed E-state index contributed by atoms with van der Waals surface area (Å²) < 4.78 is 37.4. The number of aromatic nitrogens is 1. The van der Waals surface area contributed by atoms with E-state index in [0.717, 1.165) is 6.92 Å². The maximum Gasteiger partial charge on any atom is 0.423 e. The van der Waals surface area contributed by atoms with Crippen molar-refractivity contribution in [1.82, 2.24) is 4.98 Å². The standard InChI is InChI=1S/C7H4ClF3N2O2/c1-3-5(7(9,10)11)4(13(14)15)2-12-6(3)8/h2H,1H3. The van der Waals surface area contributed by atoms with E-state index < -0.39 is 33.1 Å². The fourth-order valence-electron chi connectivity index (χ4n) is 1.07. The van der Waals surface area contributed by atoms with Gasteiger partial charge in [-0.2, -0.15) is 13.2 Å². The summed E-state index contributed by atoms with van der Waals surface area (Å²) in [5.41, 5.74) is -2.89. The molecule has 1 heterocycles. The number of rotatable bonds is 1. The molecule has 4 nitrogen and oxygen atoms in total. The van der Waals surface area contributed by atoms with Crippen LogP contribution in [0.2, 0.25) is 5.15 Å². The maximum absolute atomic E-state index is 12.5. The molecule has 15 heavy (non-hydrogen) atoms. The summed E-state index contributed by atoms with van der Waals surface area (Å²) in [6.45, 7) is 1.03. The Morgan fingerprint density at radius 1 is 1.53 bits per heavy atom. The quantitative estimate of drug-likeness (QED) is 0.431. The van der Waals surface area contributed by atoms with Crippen LogP contribution in [0.5, 0.6) is 0 Å². The van der Waals surface area contributed by atoms with Gasteiger partial charge in [0.2, 0.25) is 0 Å². The second kappa shape index (κ2) is 3.65. The summed E-state index contributed by atoms with van der Waals surface area (Å²) in [4.78, 5) is 12.5. The molecule has 1 aromatic rings. The minimum absolute atomic E-state index is 0.395. The third kappa shape index (κ3) is 2.17. The Hall–Kier alpha value is -1.37. The van der Waals surface area contributed by atoms with Gasteiger partial charge < -0.3 is 0 Å². The van der Waals surface area contributed by atoms with Crippen molar-refractivity contribution in [3.05, 3.63) is 32.6 Å². The largest absolute Gasteiger partial charge is 0.423 e. The fraction of sp³-hybridized carbons (Fsp3) is 0.286. The Bertz CT molecular complexity index is 419. The summed E-state index contributed by atoms with van der Waals surface area (Å²) in [5.74, 6) is 0. The highest BCUT2D eigenvalue weighted by atomic mass is 35.5. The molecule has 0 unspecified atom stereocenters. The number of nitro groups is 1. The SMILES string of the molecule is Cc1c(Cl)ncc([N+](=O)[O-])c1C(F)(F)F. The Morgan fingerprint density at radius 3 is 2.47 bits per heavy atom. The molecule has 0 atom stereocenters. The molecular formula is C7H4ClF3N2O2. The number of hydrogen-bond donors (Lipinski definition) is 0. The van der Waals surface area contributed by atoms with Crippen molar-refractivity contribution < 1.29 is 18.1 Å². The average molecular weight is 241 g/mol. The van der Waals surface area contributed by atoms with Gasteiger partial charge in [0.1, 0.15) is 16.9 Å². The second-order valence-corrected chi connectivity index (χ2v) is 3.05. The van der Waals surface area contributed by atoms with Gasteiger partial charge in [-0.1, -0.05) is 11.6 Å². The first-order valence-corrected chi connectivity index (χ1v) is 3.99. The maximum atomic E-state index is 12.5. The van der Waals surface area contributed by atoms with Crippen LogP contribution in [0.4, 0.5) is 18.9 Å². The number of alkyl halides is 3. The Labute approximate surface area is 86.8 Å². The summed E-state index contributed by atoms with van der Waals surface area (Å²) in [6, 6.07) is 0. The molecule has 0 aliphatic heterocycles. The van der Waals surface area contributed by atoms with E-state index in [1.807, 2.05) is 0 Å². The van der Waals surface area contributed by atoms with E-state index in [-0.39, 0.29) is 0 Å². The summed E-state index contributed by atoms with van der Waals surface area (Å²) in [7, 11) is 0. The molecule has 1 rings (SSSR count). The van der Waals surface area contributed by atoms with Crippen molar-refractivity contribution in [2.75, 3.05) is 0 Å². The Morgan fingerprint density at radius 2 is 2.07 bits per heavy atom. The molecule has 1 aromatic heterocycles. The molecule has 0 bridgehead atoms. The van der Waals surface area contributed by atoms with E-state index in [0.29, 0.717) is 6.20 Å². The topological polar surface area (TPSA) is 56.0 Å². The molecule has 0 aliphatic rings. The van der Waals surface area contributed by atoms with Gasteiger partial charge in [-0.05, 0) is 6.92 Å². The van der Waals surface area contributed by atoms with Crippen molar-refractivity contribution in [2.45, 2.75) is 13.1 Å². The first-order valence-electron chi connectivity index (χ1n) is 3.62. The van der Waals surface area contributed by atoms with Crippen molar-refractivity contribution in [3.63, 3.8) is 0 Å². The van der Waals surface area contributed by atoms with Gasteiger partial charge in [0.05, 0.1) is 4.92 Å². The first kappa shape index (κ1) is 11.7. The molecule has 0 spiro atoms. The average Bonchev–Trinajstić information content (AvgIpc) is 2.06. The number of nitrogens with zero attached hydrogens (tertiary/aromatic N) is 2. The van der Waals surface area contributed by atoms with Crippen molar-refractivity contribution in [3.8, 4) is 0 Å². The number of pyridine rings is 1. The van der Waals surface area contributed by atoms with E-state index in [9.17, 15) is 23.3 Å². The van der Waals surface area contributed by atoms with Crippen molar-refractivity contribution >= 4 is 17.3 Å². The van der Waals surface area contributed by atoms with Gasteiger partial charge in [-0.15, -0.1) is 0 Å². The van der Waals surface area contributed by atoms with Crippen LogP contribution in [-0.4, -0.2) is 9.91 Å². The highest BCUT2D eigenvalue weighted by Crippen LogP contribution is 2.39. The molecule has 82 valence electrons. The molecule has 0 saturated heterocycles. The lowest BCUT2D eigenvalue weighted by molar-refractivity contribution is -0.388. The van der Waals surface area contributed by atoms with Crippen LogP contribution in [0.3, 0.4) is 0 Å². The van der Waals surface area contributed by atoms with Crippen LogP contribution in [0, 0.1) is 17.0 Å². The van der Waals surface area contributed by atoms with Crippen molar-refractivity contribution in [2.24, 2.45) is 0 Å². The molecule has 0 radical (unpaired) electrons. The van der Waals surface area contributed by atoms with E-state index >= 15 is 0 Å². The molecule has 8 heteroatoms. The van der Waals surface area contributed by atoms with Crippen LogP contribution in [0.1, 0.15) is 11.1 Å². The normalized spacial score (nSPS) is 11.5. The zero-order valence-corrected chi connectivity index (χ0v) is 8.06. The minimum Gasteiger partial charge on any atom is -0.258 e. The fourth-order valence-corrected chi connectivity index (χ4v) is 1.21. The highest BCUT2D eigenvalue weighted by Gasteiger charge is 2.41. The minimum atomic E-state index is -4.82. The third-order valence-electron chi connectivity index (χ3n) is 1.72. The summed E-state index contributed by atoms with van der Waals surface area (Å²) >= 11 is 5.36. The van der Waals surface area contributed by atoms with Crippen LogP contribution in [-0.2, 0) is 6.18 Å². The molecule has 0 saturated carbocycles. The monoisotopic (exact) mass is 240 g/mol. The molecule has 0 aliphatic carbocycles. The first-order chi connectivity index (χ1) is 6.75. The van der Waals surface area contributed by atoms with Crippen LogP contribution < -0.4 is 0 Å². The van der Waals surface area contributed by atoms with Crippen molar-refractivity contribution in [1.29, 1.82) is 0 Å². The molecular weight excluding hydrogens is 237 g/mol. The van der Waals surface area contributed by atoms with Gasteiger partial charge in [0.15, 0.2) is 0 Å². The van der Waals surface area contributed by atoms with Gasteiger partial charge >= 0.3 is 6.18 Å². The Balaban J connectivity index is 3.57. The lowest BCUT2D eigenvalue weighted by Gasteiger charge is -2.10. The molecule has 0 aromatic carbocycles. The molecule has 0 fully saturated rings. The summed E-state index contributed by atoms with van der Waals surface area (Å²) in [5, 5.41) is 9.96. The molecule has 0 N–H and O–H groups in total. The van der Waals surface area contributed by atoms with E-state index in [4.69, 9.17) is 11.6 Å². The second-order valence-electron chi connectivity index (χ2n) is 2.69. The third-order valence-corrected chi connectivity index (χ3v) is 2.10. The lowest BCUT2D eigenvalue weighted by Crippen LogP contribution is -2.12. The lowest BCUT2D eigenvalue weighted by atomic mass is 10.1. The Kier molecular flexibility index (Phi) is 2.85. The zero-order valence-electron chi connectivity index (χ0n) is 7.30. The van der Waals surface area contributed by atoms with E-state index in [2.05, 4.69) is 4.98 Å². The van der Waals surface area contributed by atoms with Crippen LogP contribution >= 0.6 is 11.6 Å². The van der Waals surface area contributed by atoms with Gasteiger partial charge in [0, 0.05) is 5.56 Å². The smallest absolute Gasteiger partial charge is 0.258 e. The van der Waals surface area contributed by atoms with Crippen LogP contribution in [0.15, 0.2) is 6.20 Å². The summed E-state index contributed by atoms with van der Waals surface area (Å²) in [6.07, 6.45) is -4.32. The number of halogens is 4. The predicted molar refractivity (Wildman–Crippen MR) is 45.6 cm³/mol. The van der Waals surface area contributed by atoms with Crippen LogP contribution in [0.25, 0.3) is 0 Å². The number of hydrogen-bond acceptors (Lipinski definition) is 3. The van der Waals surface area contributed by atoms with E-state index in [1.165, 1.54) is 0 Å². The zero-order chi connectivity index (χ0) is 11.8. The van der Waals surface area contributed by atoms with Gasteiger partial charge in [-0.3, -0.25) is 10.1 Å². The highest BCUT2D eigenvalue weighted by molar-refractivity contribution is 6.30. The predicted octanol–water partition coefficient (Wildman–Crippen LogP) is 2.97.